The van der Waals surface area contributed by atoms with E-state index < -0.39 is 10.0 Å². The lowest BCUT2D eigenvalue weighted by atomic mass is 10.0. The number of nitrogens with one attached hydrogen (secondary N) is 1. The molecule has 1 atom stereocenters. The molecular weight excluding hydrogens is 308 g/mol. The van der Waals surface area contributed by atoms with Gasteiger partial charge in [-0.3, -0.25) is 0 Å². The van der Waals surface area contributed by atoms with Crippen LogP contribution in [0.25, 0.3) is 0 Å². The first-order valence-electron chi connectivity index (χ1n) is 6.57. The quantitative estimate of drug-likeness (QED) is 0.860. The topological polar surface area (TPSA) is 59.1 Å². The summed E-state index contributed by atoms with van der Waals surface area (Å²) in [5, 5.41) is -0.0203. The normalized spacial score (nSPS) is 13.1. The minimum absolute atomic E-state index is 0.00306. The van der Waals surface area contributed by atoms with E-state index in [9.17, 15) is 8.42 Å². The molecule has 0 saturated carbocycles. The second-order valence-electron chi connectivity index (χ2n) is 4.95. The zero-order valence-electron chi connectivity index (χ0n) is 11.9. The van der Waals surface area contributed by atoms with E-state index in [1.807, 2.05) is 38.1 Å². The molecule has 0 aliphatic heterocycles. The number of nitrogens with zero attached hydrogens (tertiary/aromatic N) is 1. The molecule has 1 unspecified atom stereocenters. The summed E-state index contributed by atoms with van der Waals surface area (Å²) in [5.41, 5.74) is 2.26. The second kappa shape index (κ2) is 6.56. The number of hydrogen-bond donors (Lipinski definition) is 1. The van der Waals surface area contributed by atoms with Gasteiger partial charge in [0.15, 0.2) is 0 Å². The smallest absolute Gasteiger partial charge is 0.243 e. The maximum Gasteiger partial charge on any atom is 0.243 e. The van der Waals surface area contributed by atoms with Gasteiger partial charge in [0.1, 0.15) is 10.0 Å². The number of halogens is 1. The van der Waals surface area contributed by atoms with Crippen molar-refractivity contribution < 1.29 is 8.42 Å². The highest BCUT2D eigenvalue weighted by Gasteiger charge is 2.21. The lowest BCUT2D eigenvalue weighted by Crippen LogP contribution is -2.34. The third-order valence-corrected chi connectivity index (χ3v) is 5.19. The number of aryl methyl sites for hydroxylation is 1. The van der Waals surface area contributed by atoms with Crippen molar-refractivity contribution in [3.63, 3.8) is 0 Å². The lowest BCUT2D eigenvalue weighted by molar-refractivity contribution is 0.559. The van der Waals surface area contributed by atoms with E-state index in [0.29, 0.717) is 6.42 Å². The average Bonchev–Trinajstić information content (AvgIpc) is 2.41. The van der Waals surface area contributed by atoms with Crippen molar-refractivity contribution in [1.29, 1.82) is 0 Å². The van der Waals surface area contributed by atoms with Crippen molar-refractivity contribution >= 4 is 21.6 Å². The van der Waals surface area contributed by atoms with Crippen molar-refractivity contribution in [1.82, 2.24) is 9.71 Å². The third kappa shape index (κ3) is 4.03. The molecule has 2 aromatic rings. The van der Waals surface area contributed by atoms with Crippen LogP contribution in [0.15, 0.2) is 47.5 Å². The van der Waals surface area contributed by atoms with Crippen LogP contribution in [0, 0.1) is 6.92 Å². The molecule has 2 rings (SSSR count). The third-order valence-electron chi connectivity index (χ3n) is 3.16. The Morgan fingerprint density at radius 1 is 1.24 bits per heavy atom. The number of hydrogen-bond acceptors (Lipinski definition) is 3. The van der Waals surface area contributed by atoms with E-state index in [1.165, 1.54) is 12.3 Å². The monoisotopic (exact) mass is 324 g/mol. The van der Waals surface area contributed by atoms with Gasteiger partial charge in [0.05, 0.1) is 0 Å². The molecule has 4 nitrogen and oxygen atoms in total. The van der Waals surface area contributed by atoms with Gasteiger partial charge in [-0.25, -0.2) is 18.1 Å². The maximum atomic E-state index is 12.3. The highest BCUT2D eigenvalue weighted by atomic mass is 35.5. The lowest BCUT2D eigenvalue weighted by Gasteiger charge is -2.16. The Kier molecular flexibility index (Phi) is 4.98. The molecule has 0 amide bonds. The minimum atomic E-state index is -3.67. The van der Waals surface area contributed by atoms with Crippen LogP contribution in [0.4, 0.5) is 0 Å². The molecule has 112 valence electrons. The molecule has 1 heterocycles. The molecule has 1 aromatic carbocycles. The zero-order chi connectivity index (χ0) is 15.5. The zero-order valence-corrected chi connectivity index (χ0v) is 13.4. The van der Waals surface area contributed by atoms with E-state index in [4.69, 9.17) is 11.6 Å². The van der Waals surface area contributed by atoms with E-state index in [-0.39, 0.29) is 16.1 Å². The van der Waals surface area contributed by atoms with E-state index in [2.05, 4.69) is 9.71 Å². The Bertz CT molecular complexity index is 732. The largest absolute Gasteiger partial charge is 0.243 e. The van der Waals surface area contributed by atoms with Crippen LogP contribution >= 0.6 is 11.6 Å². The van der Waals surface area contributed by atoms with Crippen molar-refractivity contribution in [2.45, 2.75) is 31.2 Å². The van der Waals surface area contributed by atoms with Crippen molar-refractivity contribution in [2.24, 2.45) is 0 Å². The molecule has 21 heavy (non-hydrogen) atoms. The number of benzene rings is 1. The van der Waals surface area contributed by atoms with Crippen LogP contribution in [0.5, 0.6) is 0 Å². The van der Waals surface area contributed by atoms with Crippen LogP contribution in [-0.2, 0) is 16.4 Å². The summed E-state index contributed by atoms with van der Waals surface area (Å²) in [6.45, 7) is 3.84. The summed E-state index contributed by atoms with van der Waals surface area (Å²) in [6, 6.07) is 10.7. The van der Waals surface area contributed by atoms with E-state index in [0.717, 1.165) is 11.1 Å². The van der Waals surface area contributed by atoms with Crippen molar-refractivity contribution in [2.75, 3.05) is 0 Å². The number of sulfonamides is 1. The van der Waals surface area contributed by atoms with Crippen molar-refractivity contribution in [3.05, 3.63) is 58.9 Å². The molecule has 1 N–H and O–H groups in total. The first-order chi connectivity index (χ1) is 9.90. The number of rotatable bonds is 5. The first kappa shape index (κ1) is 15.9. The molecule has 6 heteroatoms. The number of pyridine rings is 1. The van der Waals surface area contributed by atoms with Crippen molar-refractivity contribution in [3.8, 4) is 0 Å². The van der Waals surface area contributed by atoms with Gasteiger partial charge in [-0.05, 0) is 43.5 Å². The summed E-state index contributed by atoms with van der Waals surface area (Å²) in [4.78, 5) is 3.80. The van der Waals surface area contributed by atoms with Crippen LogP contribution in [0.3, 0.4) is 0 Å². The Morgan fingerprint density at radius 3 is 2.62 bits per heavy atom. The molecule has 0 fully saturated rings. The molecule has 0 radical (unpaired) electrons. The molecule has 0 aliphatic rings. The van der Waals surface area contributed by atoms with Gasteiger partial charge < -0.3 is 0 Å². The van der Waals surface area contributed by atoms with Crippen LogP contribution in [0.2, 0.25) is 5.15 Å². The van der Waals surface area contributed by atoms with Gasteiger partial charge in [-0.1, -0.05) is 35.9 Å². The van der Waals surface area contributed by atoms with Gasteiger partial charge in [0, 0.05) is 12.2 Å². The van der Waals surface area contributed by atoms with Gasteiger partial charge >= 0.3 is 0 Å². The van der Waals surface area contributed by atoms with Gasteiger partial charge in [-0.15, -0.1) is 0 Å². The summed E-state index contributed by atoms with van der Waals surface area (Å²) in [5.74, 6) is 0. The SMILES string of the molecule is Cc1ccccc1CC(C)NS(=O)(=O)c1cccnc1Cl. The predicted molar refractivity (Wildman–Crippen MR) is 83.9 cm³/mol. The fraction of sp³-hybridized carbons (Fsp3) is 0.267. The Morgan fingerprint density at radius 2 is 1.95 bits per heavy atom. The summed E-state index contributed by atoms with van der Waals surface area (Å²) < 4.78 is 27.2. The molecule has 0 aliphatic carbocycles. The molecule has 0 bridgehead atoms. The maximum absolute atomic E-state index is 12.3. The fourth-order valence-electron chi connectivity index (χ4n) is 2.11. The van der Waals surface area contributed by atoms with E-state index >= 15 is 0 Å². The predicted octanol–water partition coefficient (Wildman–Crippen LogP) is 2.95. The molecular formula is C15H17ClN2O2S. The van der Waals surface area contributed by atoms with Gasteiger partial charge in [-0.2, -0.15) is 0 Å². The first-order valence-corrected chi connectivity index (χ1v) is 8.43. The highest BCUT2D eigenvalue weighted by Crippen LogP contribution is 2.18. The van der Waals surface area contributed by atoms with Crippen LogP contribution < -0.4 is 4.72 Å². The Hall–Kier alpha value is -1.43. The van der Waals surface area contributed by atoms with Crippen LogP contribution in [-0.4, -0.2) is 19.4 Å². The second-order valence-corrected chi connectivity index (χ2v) is 6.99. The fourth-order valence-corrected chi connectivity index (χ4v) is 3.81. The summed E-state index contributed by atoms with van der Waals surface area (Å²) >= 11 is 5.85. The molecule has 0 spiro atoms. The van der Waals surface area contributed by atoms with Crippen LogP contribution in [0.1, 0.15) is 18.1 Å². The van der Waals surface area contributed by atoms with E-state index in [1.54, 1.807) is 6.07 Å². The minimum Gasteiger partial charge on any atom is -0.243 e. The highest BCUT2D eigenvalue weighted by molar-refractivity contribution is 7.89. The standard InChI is InChI=1S/C15H17ClN2O2S/c1-11-6-3-4-7-13(11)10-12(2)18-21(19,20)14-8-5-9-17-15(14)16/h3-9,12,18H,10H2,1-2H3. The van der Waals surface area contributed by atoms with Gasteiger partial charge in [0.25, 0.3) is 0 Å². The summed E-state index contributed by atoms with van der Waals surface area (Å²) in [6.07, 6.45) is 2.07. The van der Waals surface area contributed by atoms with Gasteiger partial charge in [0.2, 0.25) is 10.0 Å². The Labute approximate surface area is 130 Å². The molecule has 0 saturated heterocycles. The molecule has 1 aromatic heterocycles. The summed E-state index contributed by atoms with van der Waals surface area (Å²) in [7, 11) is -3.67. The Balaban J connectivity index is 2.14. The number of aromatic nitrogens is 1. The average molecular weight is 325 g/mol.